The molecule has 5 heteroatoms. The van der Waals surface area contributed by atoms with Gasteiger partial charge in [0.2, 0.25) is 0 Å². The van der Waals surface area contributed by atoms with Crippen LogP contribution in [-0.4, -0.2) is 11.4 Å². The number of furan rings is 1. The molecule has 0 spiro atoms. The lowest BCUT2D eigenvalue weighted by Gasteiger charge is -2.43. The number of aromatic nitrogens is 1. The van der Waals surface area contributed by atoms with Crippen LogP contribution in [0.25, 0.3) is 103 Å². The summed E-state index contributed by atoms with van der Waals surface area (Å²) in [5, 5.41) is 6.27. The fourth-order valence-corrected chi connectivity index (χ4v) is 16.0. The van der Waals surface area contributed by atoms with Crippen LogP contribution in [0.2, 0.25) is 0 Å². The molecule has 3 aromatic heterocycles. The number of nitrogens with zero attached hydrogens (tertiary/aromatic N) is 2. The van der Waals surface area contributed by atoms with Crippen LogP contribution in [-0.2, 0) is 21.7 Å². The number of anilines is 2. The zero-order valence-electron chi connectivity index (χ0n) is 44.9. The van der Waals surface area contributed by atoms with Crippen molar-refractivity contribution < 1.29 is 4.42 Å². The molecule has 0 atom stereocenters. The smallest absolute Gasteiger partial charge is 0.333 e. The minimum Gasteiger partial charge on any atom is -0.455 e. The zero-order valence-corrected chi connectivity index (χ0v) is 45.7. The second-order valence-corrected chi connectivity index (χ2v) is 26.5. The van der Waals surface area contributed by atoms with Gasteiger partial charge in [0.15, 0.2) is 0 Å². The summed E-state index contributed by atoms with van der Waals surface area (Å²) in [5.41, 5.74) is 26.4. The monoisotopic (exact) mass is 998 g/mol. The van der Waals surface area contributed by atoms with Crippen molar-refractivity contribution in [1.82, 2.24) is 4.57 Å². The summed E-state index contributed by atoms with van der Waals surface area (Å²) in [6.45, 7) is 21.5. The number of para-hydroxylation sites is 1. The van der Waals surface area contributed by atoms with Gasteiger partial charge in [0.05, 0.1) is 11.0 Å². The molecule has 0 bridgehead atoms. The molecule has 4 aliphatic rings. The van der Waals surface area contributed by atoms with Crippen LogP contribution in [0.5, 0.6) is 0 Å². The van der Waals surface area contributed by atoms with Crippen LogP contribution in [0.15, 0.2) is 174 Å². The van der Waals surface area contributed by atoms with Crippen LogP contribution >= 0.6 is 11.3 Å². The highest BCUT2D eigenvalue weighted by Gasteiger charge is 2.49. The quantitative estimate of drug-likeness (QED) is 0.165. The summed E-state index contributed by atoms with van der Waals surface area (Å²) < 4.78 is 11.5. The highest BCUT2D eigenvalue weighted by atomic mass is 32.1. The van der Waals surface area contributed by atoms with Gasteiger partial charge < -0.3 is 13.8 Å². The lowest BCUT2D eigenvalue weighted by atomic mass is 9.43. The number of hydrogen-bond donors (Lipinski definition) is 0. The minimum absolute atomic E-state index is 0.00100. The Morgan fingerprint density at radius 2 is 1.21 bits per heavy atom. The standard InChI is InChI=1S/C71H59BN2OS/c1-68(2,3)42-28-30-43(31-29-42)74-56-37-51-46(44-24-16-18-26-50(44)71(51,8)9)34-47(56)63-64-65-61(62-45-25-17-19-27-58(45)75-66(62)63)48-35-52-53(70(6,7)33-32-69(52,4)5)38-55(48)73(65)57-36-49-59(39-54(57)72(64)74)76-67(41-22-14-11-15-23-41)60(49)40-20-12-10-13-21-40/h10-31,34-39H,32-33H2,1-9H3. The summed E-state index contributed by atoms with van der Waals surface area (Å²) in [6.07, 6.45) is 2.29. The maximum Gasteiger partial charge on any atom is 0.333 e. The van der Waals surface area contributed by atoms with Gasteiger partial charge in [-0.2, -0.15) is 0 Å². The molecule has 76 heavy (non-hydrogen) atoms. The first-order valence-corrected chi connectivity index (χ1v) is 28.3. The van der Waals surface area contributed by atoms with Gasteiger partial charge in [-0.25, -0.2) is 0 Å². The predicted octanol–water partition coefficient (Wildman–Crippen LogP) is 18.4. The van der Waals surface area contributed by atoms with E-state index in [1.165, 1.54) is 142 Å². The highest BCUT2D eigenvalue weighted by molar-refractivity contribution is 7.23. The van der Waals surface area contributed by atoms with Crippen LogP contribution in [0.3, 0.4) is 0 Å². The molecule has 0 saturated heterocycles. The van der Waals surface area contributed by atoms with E-state index in [9.17, 15) is 0 Å². The van der Waals surface area contributed by atoms with Crippen molar-refractivity contribution in [2.45, 2.75) is 96.8 Å². The molecule has 0 fully saturated rings. The Hall–Kier alpha value is -7.60. The normalized spacial score (nSPS) is 16.4. The van der Waals surface area contributed by atoms with Crippen molar-refractivity contribution >= 4 is 94.3 Å². The van der Waals surface area contributed by atoms with E-state index in [0.717, 1.165) is 24.0 Å². The Bertz CT molecular complexity index is 4520. The Labute approximate surface area is 449 Å². The average Bonchev–Trinajstić information content (AvgIpc) is 3.85. The van der Waals surface area contributed by atoms with Gasteiger partial charge in [0.1, 0.15) is 11.2 Å². The van der Waals surface area contributed by atoms with Gasteiger partial charge in [-0.05, 0) is 145 Å². The highest BCUT2D eigenvalue weighted by Crippen LogP contribution is 2.58. The molecule has 5 heterocycles. The minimum atomic E-state index is -0.204. The van der Waals surface area contributed by atoms with E-state index in [-0.39, 0.29) is 28.5 Å². The van der Waals surface area contributed by atoms with E-state index in [0.29, 0.717) is 0 Å². The summed E-state index contributed by atoms with van der Waals surface area (Å²) in [4.78, 5) is 4.04. The van der Waals surface area contributed by atoms with Crippen LogP contribution in [0.1, 0.15) is 103 Å². The van der Waals surface area contributed by atoms with E-state index in [2.05, 4.69) is 242 Å². The van der Waals surface area contributed by atoms with Gasteiger partial charge in [0, 0.05) is 75.7 Å². The third-order valence-corrected chi connectivity index (χ3v) is 20.0. The molecule has 0 N–H and O–H groups in total. The third kappa shape index (κ3) is 5.79. The van der Waals surface area contributed by atoms with Gasteiger partial charge in [-0.3, -0.25) is 0 Å². The SMILES string of the molecule is CC(C)(C)c1ccc(N2B3c4cc5sc(-c6ccccc6)c(-c6ccccc6)c5cc4-n4c5cc6c(cc5c5c7c(oc8ccccc87)c(c3c54)-c3cc4c(cc32)C(C)(C)c2ccccc2-4)C(C)(C)CCC6(C)C)cc1. The van der Waals surface area contributed by atoms with Crippen molar-refractivity contribution in [3.05, 3.63) is 198 Å². The number of thiophene rings is 1. The van der Waals surface area contributed by atoms with Crippen molar-refractivity contribution in [3.63, 3.8) is 0 Å². The van der Waals surface area contributed by atoms with E-state index >= 15 is 0 Å². The van der Waals surface area contributed by atoms with Gasteiger partial charge in [-0.15, -0.1) is 11.3 Å². The van der Waals surface area contributed by atoms with E-state index in [4.69, 9.17) is 4.42 Å². The van der Waals surface area contributed by atoms with Crippen LogP contribution < -0.4 is 15.7 Å². The Kier molecular flexibility index (Phi) is 8.74. The molecule has 368 valence electrons. The molecule has 0 radical (unpaired) electrons. The molecule has 16 rings (SSSR count). The van der Waals surface area contributed by atoms with Crippen molar-refractivity contribution in [3.8, 4) is 49.5 Å². The predicted molar refractivity (Wildman–Crippen MR) is 325 cm³/mol. The van der Waals surface area contributed by atoms with Crippen molar-refractivity contribution in [2.24, 2.45) is 0 Å². The molecule has 2 aliphatic heterocycles. The lowest BCUT2D eigenvalue weighted by Crippen LogP contribution is -2.60. The third-order valence-electron chi connectivity index (χ3n) is 18.8. The largest absolute Gasteiger partial charge is 0.455 e. The second kappa shape index (κ2) is 14.9. The maximum absolute atomic E-state index is 7.51. The lowest BCUT2D eigenvalue weighted by molar-refractivity contribution is 0.332. The zero-order chi connectivity index (χ0) is 51.5. The fourth-order valence-electron chi connectivity index (χ4n) is 14.7. The fraction of sp³-hybridized carbons (Fsp3) is 0.211. The molecule has 9 aromatic carbocycles. The molecule has 0 amide bonds. The molecule has 0 unspecified atom stereocenters. The Morgan fingerprint density at radius 1 is 0.539 bits per heavy atom. The van der Waals surface area contributed by atoms with Crippen LogP contribution in [0.4, 0.5) is 11.4 Å². The van der Waals surface area contributed by atoms with Crippen molar-refractivity contribution in [2.75, 3.05) is 4.81 Å². The molecule has 12 aromatic rings. The molecular weight excluding hydrogens is 940 g/mol. The van der Waals surface area contributed by atoms with E-state index in [1.807, 2.05) is 11.3 Å². The number of rotatable bonds is 3. The Morgan fingerprint density at radius 3 is 1.95 bits per heavy atom. The molecule has 0 saturated carbocycles. The number of benzene rings is 9. The summed E-state index contributed by atoms with van der Waals surface area (Å²) in [6, 6.07) is 65.3. The van der Waals surface area contributed by atoms with Gasteiger partial charge in [-0.1, -0.05) is 178 Å². The van der Waals surface area contributed by atoms with Gasteiger partial charge >= 0.3 is 6.85 Å². The first-order chi connectivity index (χ1) is 36.6. The Balaban J connectivity index is 1.14. The summed E-state index contributed by atoms with van der Waals surface area (Å²) >= 11 is 1.93. The first kappa shape index (κ1) is 44.7. The summed E-state index contributed by atoms with van der Waals surface area (Å²) in [7, 11) is 0. The maximum atomic E-state index is 7.51. The van der Waals surface area contributed by atoms with Crippen LogP contribution in [0, 0.1) is 0 Å². The summed E-state index contributed by atoms with van der Waals surface area (Å²) in [5.74, 6) is 0. The number of hydrogen-bond acceptors (Lipinski definition) is 3. The average molecular weight is 999 g/mol. The van der Waals surface area contributed by atoms with Gasteiger partial charge in [0.25, 0.3) is 0 Å². The van der Waals surface area contributed by atoms with E-state index in [1.54, 1.807) is 0 Å². The molecule has 3 nitrogen and oxygen atoms in total. The molecular formula is C71H59BN2OS. The topological polar surface area (TPSA) is 21.3 Å². The second-order valence-electron chi connectivity index (χ2n) is 25.4. The first-order valence-electron chi connectivity index (χ1n) is 27.5. The number of fused-ring (bicyclic) bond motifs is 18. The van der Waals surface area contributed by atoms with E-state index < -0.39 is 0 Å². The molecule has 2 aliphatic carbocycles. The van der Waals surface area contributed by atoms with Crippen molar-refractivity contribution in [1.29, 1.82) is 0 Å².